The van der Waals surface area contributed by atoms with E-state index in [2.05, 4.69) is 15.5 Å². The van der Waals surface area contributed by atoms with Crippen molar-refractivity contribution >= 4 is 40.7 Å². The summed E-state index contributed by atoms with van der Waals surface area (Å²) in [6, 6.07) is -0.424. The van der Waals surface area contributed by atoms with Gasteiger partial charge in [0.15, 0.2) is 0 Å². The van der Waals surface area contributed by atoms with Crippen LogP contribution in [0, 0.1) is 13.8 Å². The molecule has 0 fully saturated rings. The zero-order chi connectivity index (χ0) is 17.1. The molecular weight excluding hydrogens is 361 g/mol. The van der Waals surface area contributed by atoms with E-state index < -0.39 is 6.04 Å². The van der Waals surface area contributed by atoms with Gasteiger partial charge in [-0.25, -0.2) is 0 Å². The molecule has 0 radical (unpaired) electrons. The van der Waals surface area contributed by atoms with Crippen molar-refractivity contribution in [1.82, 2.24) is 24.9 Å². The van der Waals surface area contributed by atoms with Gasteiger partial charge in [-0.3, -0.25) is 14.2 Å². The zero-order valence-electron chi connectivity index (χ0n) is 13.1. The van der Waals surface area contributed by atoms with Gasteiger partial charge in [0, 0.05) is 13.1 Å². The number of carbonyl (C=O) groups is 1. The van der Waals surface area contributed by atoms with Gasteiger partial charge in [-0.05, 0) is 27.2 Å². The summed E-state index contributed by atoms with van der Waals surface area (Å²) >= 11 is 18.0. The van der Waals surface area contributed by atoms with Crippen LogP contribution in [0.3, 0.4) is 0 Å². The molecule has 2 rings (SSSR count). The van der Waals surface area contributed by atoms with E-state index in [0.717, 1.165) is 5.69 Å². The van der Waals surface area contributed by atoms with Gasteiger partial charge in [0.1, 0.15) is 16.2 Å². The average Bonchev–Trinajstić information content (AvgIpc) is 2.98. The number of amides is 1. The Morgan fingerprint density at radius 1 is 1.35 bits per heavy atom. The first-order chi connectivity index (χ1) is 10.8. The lowest BCUT2D eigenvalue weighted by atomic mass is 10.3. The van der Waals surface area contributed by atoms with Crippen molar-refractivity contribution < 1.29 is 4.79 Å². The smallest absolute Gasteiger partial charge is 0.244 e. The number of carbonyl (C=O) groups excluding carboxylic acids is 1. The Labute approximate surface area is 149 Å². The molecule has 1 N–H and O–H groups in total. The molecule has 2 aromatic heterocycles. The van der Waals surface area contributed by atoms with Crippen molar-refractivity contribution in [2.24, 2.45) is 0 Å². The topological polar surface area (TPSA) is 64.7 Å². The van der Waals surface area contributed by atoms with E-state index in [1.54, 1.807) is 23.2 Å². The van der Waals surface area contributed by atoms with Crippen LogP contribution in [0.15, 0.2) is 6.20 Å². The first-order valence-electron chi connectivity index (χ1n) is 7.18. The molecule has 0 saturated heterocycles. The first kappa shape index (κ1) is 18.1. The van der Waals surface area contributed by atoms with Crippen LogP contribution in [0.2, 0.25) is 15.2 Å². The molecule has 126 valence electrons. The standard InChI is InChI=1S/C14H18Cl3N5O/c1-8-12(16)13(17)21(20-8)6-4-5-18-14(23)10(3)22-9(2)11(15)7-19-22/h7,10H,4-6H2,1-3H3,(H,18,23). The number of rotatable bonds is 6. The molecule has 0 aliphatic carbocycles. The molecule has 1 atom stereocenters. The molecule has 1 amide bonds. The van der Waals surface area contributed by atoms with Crippen LogP contribution in [-0.2, 0) is 11.3 Å². The predicted molar refractivity (Wildman–Crippen MR) is 91.3 cm³/mol. The summed E-state index contributed by atoms with van der Waals surface area (Å²) < 4.78 is 3.23. The first-order valence-corrected chi connectivity index (χ1v) is 8.32. The van der Waals surface area contributed by atoms with Crippen molar-refractivity contribution in [2.45, 2.75) is 39.8 Å². The van der Waals surface area contributed by atoms with Crippen molar-refractivity contribution in [3.05, 3.63) is 32.8 Å². The molecule has 9 heteroatoms. The zero-order valence-corrected chi connectivity index (χ0v) is 15.4. The van der Waals surface area contributed by atoms with Crippen LogP contribution in [0.1, 0.15) is 30.8 Å². The molecule has 0 bridgehead atoms. The maximum atomic E-state index is 12.2. The van der Waals surface area contributed by atoms with Gasteiger partial charge in [0.2, 0.25) is 5.91 Å². The quantitative estimate of drug-likeness (QED) is 0.783. The fraction of sp³-hybridized carbons (Fsp3) is 0.500. The van der Waals surface area contributed by atoms with E-state index in [1.807, 2.05) is 6.92 Å². The normalized spacial score (nSPS) is 12.4. The fourth-order valence-corrected chi connectivity index (χ4v) is 2.70. The minimum atomic E-state index is -0.424. The van der Waals surface area contributed by atoms with Crippen molar-refractivity contribution in [3.8, 4) is 0 Å². The lowest BCUT2D eigenvalue weighted by molar-refractivity contribution is -0.124. The Bertz CT molecular complexity index is 710. The molecule has 0 saturated carbocycles. The van der Waals surface area contributed by atoms with Gasteiger partial charge < -0.3 is 5.32 Å². The maximum absolute atomic E-state index is 12.2. The number of aromatic nitrogens is 4. The van der Waals surface area contributed by atoms with Crippen LogP contribution < -0.4 is 5.32 Å². The molecular formula is C14H18Cl3N5O. The Kier molecular flexibility index (Phi) is 5.95. The van der Waals surface area contributed by atoms with E-state index in [9.17, 15) is 4.79 Å². The minimum absolute atomic E-state index is 0.117. The van der Waals surface area contributed by atoms with Crippen LogP contribution in [0.25, 0.3) is 0 Å². The lowest BCUT2D eigenvalue weighted by Gasteiger charge is -2.14. The highest BCUT2D eigenvalue weighted by molar-refractivity contribution is 6.41. The number of nitrogens with zero attached hydrogens (tertiary/aromatic N) is 4. The Hall–Kier alpha value is -1.24. The number of hydrogen-bond acceptors (Lipinski definition) is 3. The number of aryl methyl sites for hydroxylation is 2. The van der Waals surface area contributed by atoms with Crippen molar-refractivity contribution in [3.63, 3.8) is 0 Å². The van der Waals surface area contributed by atoms with Gasteiger partial charge in [-0.15, -0.1) is 0 Å². The van der Waals surface area contributed by atoms with E-state index >= 15 is 0 Å². The summed E-state index contributed by atoms with van der Waals surface area (Å²) in [5.41, 5.74) is 1.46. The third-order valence-corrected chi connectivity index (χ3v) is 4.88. The molecule has 0 aromatic carbocycles. The fourth-order valence-electron chi connectivity index (χ4n) is 2.17. The summed E-state index contributed by atoms with van der Waals surface area (Å²) in [7, 11) is 0. The van der Waals surface area contributed by atoms with Gasteiger partial charge in [0.05, 0.1) is 22.6 Å². The summed E-state index contributed by atoms with van der Waals surface area (Å²) in [5.74, 6) is -0.117. The number of halogens is 3. The SMILES string of the molecule is Cc1nn(CCCNC(=O)C(C)n2ncc(Cl)c2C)c(Cl)c1Cl. The van der Waals surface area contributed by atoms with Crippen LogP contribution in [-0.4, -0.2) is 32.0 Å². The predicted octanol–water partition coefficient (Wildman–Crippen LogP) is 3.42. The second-order valence-corrected chi connectivity index (χ2v) is 6.40. The second-order valence-electron chi connectivity index (χ2n) is 5.26. The molecule has 2 aromatic rings. The molecule has 0 aliphatic rings. The molecule has 23 heavy (non-hydrogen) atoms. The van der Waals surface area contributed by atoms with Crippen LogP contribution >= 0.6 is 34.8 Å². The van der Waals surface area contributed by atoms with Gasteiger partial charge in [-0.1, -0.05) is 34.8 Å². The second kappa shape index (κ2) is 7.55. The van der Waals surface area contributed by atoms with Crippen LogP contribution in [0.5, 0.6) is 0 Å². The minimum Gasteiger partial charge on any atom is -0.354 e. The van der Waals surface area contributed by atoms with E-state index in [1.165, 1.54) is 6.20 Å². The molecule has 0 spiro atoms. The Morgan fingerprint density at radius 2 is 2.04 bits per heavy atom. The third kappa shape index (κ3) is 4.00. The van der Waals surface area contributed by atoms with Crippen LogP contribution in [0.4, 0.5) is 0 Å². The highest BCUT2D eigenvalue weighted by Crippen LogP contribution is 2.24. The number of nitrogens with one attached hydrogen (secondary N) is 1. The lowest BCUT2D eigenvalue weighted by Crippen LogP contribution is -2.33. The van der Waals surface area contributed by atoms with Gasteiger partial charge in [0.25, 0.3) is 0 Å². The Balaban J connectivity index is 1.83. The van der Waals surface area contributed by atoms with E-state index in [0.29, 0.717) is 40.4 Å². The van der Waals surface area contributed by atoms with Crippen molar-refractivity contribution in [1.29, 1.82) is 0 Å². The monoisotopic (exact) mass is 377 g/mol. The largest absolute Gasteiger partial charge is 0.354 e. The maximum Gasteiger partial charge on any atom is 0.244 e. The average molecular weight is 379 g/mol. The summed E-state index contributed by atoms with van der Waals surface area (Å²) in [5, 5.41) is 12.7. The third-order valence-electron chi connectivity index (χ3n) is 3.57. The molecule has 1 unspecified atom stereocenters. The van der Waals surface area contributed by atoms with Gasteiger partial charge >= 0.3 is 0 Å². The number of hydrogen-bond donors (Lipinski definition) is 1. The highest BCUT2D eigenvalue weighted by atomic mass is 35.5. The van der Waals surface area contributed by atoms with E-state index in [4.69, 9.17) is 34.8 Å². The Morgan fingerprint density at radius 3 is 2.57 bits per heavy atom. The van der Waals surface area contributed by atoms with Crippen molar-refractivity contribution in [2.75, 3.05) is 6.54 Å². The van der Waals surface area contributed by atoms with Gasteiger partial charge in [-0.2, -0.15) is 10.2 Å². The molecule has 6 nitrogen and oxygen atoms in total. The summed E-state index contributed by atoms with van der Waals surface area (Å²) in [6.45, 7) is 6.48. The molecule has 2 heterocycles. The highest BCUT2D eigenvalue weighted by Gasteiger charge is 2.18. The summed E-state index contributed by atoms with van der Waals surface area (Å²) in [4.78, 5) is 12.2. The molecule has 0 aliphatic heterocycles. The van der Waals surface area contributed by atoms with E-state index in [-0.39, 0.29) is 5.91 Å². The summed E-state index contributed by atoms with van der Waals surface area (Å²) in [6.07, 6.45) is 2.22.